The third kappa shape index (κ3) is 2.58. The lowest BCUT2D eigenvalue weighted by atomic mass is 9.79. The van der Waals surface area contributed by atoms with Crippen LogP contribution in [0.5, 0.6) is 0 Å². The zero-order valence-corrected chi connectivity index (χ0v) is 13.3. The Bertz CT molecular complexity index is 541. The molecule has 2 aliphatic heterocycles. The standard InChI is InChI=1S/C16H20N2S2/c1-2-15(20-6-1)9-18-12-16(13-18)4-5-17(11-16)8-14-3-7-19-10-14/h1-3,6-7,10H,4-5,8-9,11-13H2. The third-order valence-electron chi connectivity index (χ3n) is 4.58. The highest BCUT2D eigenvalue weighted by molar-refractivity contribution is 7.09. The van der Waals surface area contributed by atoms with Crippen molar-refractivity contribution in [3.63, 3.8) is 0 Å². The van der Waals surface area contributed by atoms with Gasteiger partial charge in [0, 0.05) is 43.0 Å². The van der Waals surface area contributed by atoms with Crippen LogP contribution in [0.15, 0.2) is 34.3 Å². The van der Waals surface area contributed by atoms with Gasteiger partial charge in [0.25, 0.3) is 0 Å². The maximum atomic E-state index is 2.64. The molecule has 0 amide bonds. The van der Waals surface area contributed by atoms with Crippen LogP contribution in [0.4, 0.5) is 0 Å². The van der Waals surface area contributed by atoms with Crippen molar-refractivity contribution in [3.05, 3.63) is 44.8 Å². The Morgan fingerprint density at radius 1 is 1.05 bits per heavy atom. The van der Waals surface area contributed by atoms with Crippen molar-refractivity contribution in [3.8, 4) is 0 Å². The molecule has 106 valence electrons. The molecule has 4 heteroatoms. The molecular formula is C16H20N2S2. The number of hydrogen-bond donors (Lipinski definition) is 0. The number of likely N-dealkylation sites (tertiary alicyclic amines) is 2. The van der Waals surface area contributed by atoms with Gasteiger partial charge in [-0.3, -0.25) is 9.80 Å². The molecule has 0 saturated carbocycles. The summed E-state index contributed by atoms with van der Waals surface area (Å²) >= 11 is 3.70. The van der Waals surface area contributed by atoms with E-state index >= 15 is 0 Å². The first kappa shape index (κ1) is 13.0. The van der Waals surface area contributed by atoms with Gasteiger partial charge in [-0.1, -0.05) is 6.07 Å². The van der Waals surface area contributed by atoms with Gasteiger partial charge in [0.15, 0.2) is 0 Å². The van der Waals surface area contributed by atoms with E-state index in [9.17, 15) is 0 Å². The van der Waals surface area contributed by atoms with Crippen LogP contribution in [-0.2, 0) is 13.1 Å². The lowest BCUT2D eigenvalue weighted by Crippen LogP contribution is -2.56. The van der Waals surface area contributed by atoms with Gasteiger partial charge in [0.05, 0.1) is 0 Å². The Balaban J connectivity index is 1.29. The predicted molar refractivity (Wildman–Crippen MR) is 86.2 cm³/mol. The first-order valence-corrected chi connectivity index (χ1v) is 9.12. The predicted octanol–water partition coefficient (Wildman–Crippen LogP) is 3.52. The Hall–Kier alpha value is -0.680. The Morgan fingerprint density at radius 3 is 2.70 bits per heavy atom. The van der Waals surface area contributed by atoms with Gasteiger partial charge in [-0.25, -0.2) is 0 Å². The van der Waals surface area contributed by atoms with Gasteiger partial charge in [0.1, 0.15) is 0 Å². The van der Waals surface area contributed by atoms with E-state index in [1.165, 1.54) is 43.0 Å². The van der Waals surface area contributed by atoms with Crippen LogP contribution in [0, 0.1) is 5.41 Å². The van der Waals surface area contributed by atoms with Crippen molar-refractivity contribution in [2.24, 2.45) is 5.41 Å². The van der Waals surface area contributed by atoms with Crippen molar-refractivity contribution in [2.75, 3.05) is 26.2 Å². The van der Waals surface area contributed by atoms with Gasteiger partial charge < -0.3 is 0 Å². The van der Waals surface area contributed by atoms with Crippen LogP contribution in [0.1, 0.15) is 16.9 Å². The molecule has 0 atom stereocenters. The molecule has 4 rings (SSSR count). The molecule has 0 unspecified atom stereocenters. The molecule has 0 N–H and O–H groups in total. The van der Waals surface area contributed by atoms with Crippen molar-refractivity contribution in [1.29, 1.82) is 0 Å². The molecule has 0 aliphatic carbocycles. The second-order valence-corrected chi connectivity index (χ2v) is 8.13. The molecule has 1 spiro atoms. The fourth-order valence-corrected chi connectivity index (χ4v) is 5.10. The Kier molecular flexibility index (Phi) is 3.42. The first-order chi connectivity index (χ1) is 9.81. The molecule has 20 heavy (non-hydrogen) atoms. The molecule has 0 bridgehead atoms. The fraction of sp³-hybridized carbons (Fsp3) is 0.500. The second kappa shape index (κ2) is 5.26. The summed E-state index contributed by atoms with van der Waals surface area (Å²) in [5.41, 5.74) is 2.09. The maximum Gasteiger partial charge on any atom is 0.0328 e. The van der Waals surface area contributed by atoms with Crippen LogP contribution in [0.2, 0.25) is 0 Å². The molecule has 0 aromatic carbocycles. The summed E-state index contributed by atoms with van der Waals surface area (Å²) in [5.74, 6) is 0. The van der Waals surface area contributed by atoms with Crippen molar-refractivity contribution in [1.82, 2.24) is 9.80 Å². The zero-order valence-electron chi connectivity index (χ0n) is 11.6. The second-order valence-electron chi connectivity index (χ2n) is 6.32. The number of rotatable bonds is 4. The summed E-state index contributed by atoms with van der Waals surface area (Å²) in [6.07, 6.45) is 1.39. The summed E-state index contributed by atoms with van der Waals surface area (Å²) < 4.78 is 0. The highest BCUT2D eigenvalue weighted by Gasteiger charge is 2.47. The number of thiophene rings is 2. The minimum absolute atomic E-state index is 0.604. The van der Waals surface area contributed by atoms with E-state index in [0.29, 0.717) is 5.41 Å². The molecule has 2 aromatic rings. The summed E-state index contributed by atoms with van der Waals surface area (Å²) in [6.45, 7) is 7.47. The maximum absolute atomic E-state index is 2.64. The molecule has 2 nitrogen and oxygen atoms in total. The van der Waals surface area contributed by atoms with Crippen LogP contribution >= 0.6 is 22.7 Å². The van der Waals surface area contributed by atoms with Gasteiger partial charge in [-0.15, -0.1) is 11.3 Å². The smallest absolute Gasteiger partial charge is 0.0328 e. The van der Waals surface area contributed by atoms with E-state index in [2.05, 4.69) is 44.1 Å². The Labute approximate surface area is 128 Å². The average Bonchev–Trinajstić information content (AvgIpc) is 3.11. The lowest BCUT2D eigenvalue weighted by molar-refractivity contribution is 0.00233. The minimum atomic E-state index is 0.604. The van der Waals surface area contributed by atoms with E-state index in [4.69, 9.17) is 0 Å². The largest absolute Gasteiger partial charge is 0.298 e. The van der Waals surface area contributed by atoms with Gasteiger partial charge in [-0.05, 0) is 46.8 Å². The van der Waals surface area contributed by atoms with Crippen LogP contribution in [0.3, 0.4) is 0 Å². The molecule has 2 aromatic heterocycles. The summed E-state index contributed by atoms with van der Waals surface area (Å²) in [4.78, 5) is 6.76. The number of nitrogens with zero attached hydrogens (tertiary/aromatic N) is 2. The highest BCUT2D eigenvalue weighted by Crippen LogP contribution is 2.40. The first-order valence-electron chi connectivity index (χ1n) is 7.30. The summed E-state index contributed by atoms with van der Waals surface area (Å²) in [6, 6.07) is 6.68. The molecule has 2 fully saturated rings. The van der Waals surface area contributed by atoms with E-state index in [0.717, 1.165) is 13.1 Å². The van der Waals surface area contributed by atoms with Crippen LogP contribution in [-0.4, -0.2) is 36.0 Å². The zero-order chi connectivity index (χ0) is 13.4. The van der Waals surface area contributed by atoms with Crippen molar-refractivity contribution < 1.29 is 0 Å². The van der Waals surface area contributed by atoms with E-state index in [-0.39, 0.29) is 0 Å². The lowest BCUT2D eigenvalue weighted by Gasteiger charge is -2.48. The Morgan fingerprint density at radius 2 is 1.95 bits per heavy atom. The van der Waals surface area contributed by atoms with Gasteiger partial charge in [0.2, 0.25) is 0 Å². The quantitative estimate of drug-likeness (QED) is 0.853. The third-order valence-corrected chi connectivity index (χ3v) is 6.17. The van der Waals surface area contributed by atoms with Gasteiger partial charge in [-0.2, -0.15) is 11.3 Å². The topological polar surface area (TPSA) is 6.48 Å². The summed E-state index contributed by atoms with van der Waals surface area (Å²) in [7, 11) is 0. The highest BCUT2D eigenvalue weighted by atomic mass is 32.1. The van der Waals surface area contributed by atoms with E-state index in [1.807, 2.05) is 22.7 Å². The minimum Gasteiger partial charge on any atom is -0.298 e. The van der Waals surface area contributed by atoms with Gasteiger partial charge >= 0.3 is 0 Å². The van der Waals surface area contributed by atoms with E-state index in [1.54, 1.807) is 0 Å². The number of hydrogen-bond acceptors (Lipinski definition) is 4. The summed E-state index contributed by atoms with van der Waals surface area (Å²) in [5, 5.41) is 6.66. The van der Waals surface area contributed by atoms with Crippen molar-refractivity contribution >= 4 is 22.7 Å². The van der Waals surface area contributed by atoms with Crippen LogP contribution in [0.25, 0.3) is 0 Å². The average molecular weight is 304 g/mol. The van der Waals surface area contributed by atoms with Crippen LogP contribution < -0.4 is 0 Å². The van der Waals surface area contributed by atoms with Crippen molar-refractivity contribution in [2.45, 2.75) is 19.5 Å². The molecular weight excluding hydrogens is 284 g/mol. The molecule has 2 saturated heterocycles. The SMILES string of the molecule is c1csc(CN2CC3(CCN(Cc4ccsc4)C3)C2)c1. The van der Waals surface area contributed by atoms with E-state index < -0.39 is 0 Å². The molecule has 0 radical (unpaired) electrons. The monoisotopic (exact) mass is 304 g/mol. The molecule has 2 aliphatic rings. The fourth-order valence-electron chi connectivity index (χ4n) is 3.70. The normalized spacial score (nSPS) is 22.4. The molecule has 4 heterocycles.